The Bertz CT molecular complexity index is 506. The van der Waals surface area contributed by atoms with E-state index < -0.39 is 5.82 Å². The van der Waals surface area contributed by atoms with Gasteiger partial charge in [-0.15, -0.1) is 0 Å². The molecule has 0 radical (unpaired) electrons. The summed E-state index contributed by atoms with van der Waals surface area (Å²) in [6, 6.07) is 11.1. The SMILES string of the molecule is Nc1cc(CCc2ccc(F)cc2)ccc1F. The molecule has 0 aliphatic heterocycles. The molecule has 1 nitrogen and oxygen atoms in total. The standard InChI is InChI=1S/C14H13F2N/c15-12-6-3-10(4-7-12)1-2-11-5-8-13(16)14(17)9-11/h3-9H,1-2,17H2. The summed E-state index contributed by atoms with van der Waals surface area (Å²) >= 11 is 0. The Kier molecular flexibility index (Phi) is 3.38. The minimum atomic E-state index is -0.393. The lowest BCUT2D eigenvalue weighted by atomic mass is 10.0. The average molecular weight is 233 g/mol. The average Bonchev–Trinajstić information content (AvgIpc) is 2.33. The third kappa shape index (κ3) is 3.03. The zero-order chi connectivity index (χ0) is 12.3. The van der Waals surface area contributed by atoms with Crippen LogP contribution >= 0.6 is 0 Å². The maximum atomic E-state index is 12.9. The minimum Gasteiger partial charge on any atom is -0.396 e. The van der Waals surface area contributed by atoms with Crippen molar-refractivity contribution in [3.63, 3.8) is 0 Å². The van der Waals surface area contributed by atoms with E-state index in [4.69, 9.17) is 5.73 Å². The van der Waals surface area contributed by atoms with Crippen molar-refractivity contribution in [3.8, 4) is 0 Å². The smallest absolute Gasteiger partial charge is 0.146 e. The van der Waals surface area contributed by atoms with Crippen LogP contribution in [0.15, 0.2) is 42.5 Å². The number of hydrogen-bond donors (Lipinski definition) is 1. The van der Waals surface area contributed by atoms with Crippen LogP contribution in [0.1, 0.15) is 11.1 Å². The molecule has 0 aromatic heterocycles. The molecule has 88 valence electrons. The third-order valence-corrected chi connectivity index (χ3v) is 2.68. The minimum absolute atomic E-state index is 0.168. The molecule has 17 heavy (non-hydrogen) atoms. The number of nitrogen functional groups attached to an aromatic ring is 1. The first kappa shape index (κ1) is 11.6. The van der Waals surface area contributed by atoms with Gasteiger partial charge in [0.25, 0.3) is 0 Å². The fourth-order valence-corrected chi connectivity index (χ4v) is 1.69. The van der Waals surface area contributed by atoms with E-state index in [-0.39, 0.29) is 11.5 Å². The van der Waals surface area contributed by atoms with Gasteiger partial charge in [-0.05, 0) is 48.2 Å². The summed E-state index contributed by atoms with van der Waals surface area (Å²) in [5.74, 6) is -0.629. The van der Waals surface area contributed by atoms with Crippen LogP contribution < -0.4 is 5.73 Å². The van der Waals surface area contributed by atoms with Crippen LogP contribution in [0.3, 0.4) is 0 Å². The number of benzene rings is 2. The molecule has 0 bridgehead atoms. The Morgan fingerprint density at radius 2 is 1.41 bits per heavy atom. The first-order valence-corrected chi connectivity index (χ1v) is 5.43. The molecule has 2 aromatic rings. The molecule has 0 saturated carbocycles. The van der Waals surface area contributed by atoms with Gasteiger partial charge in [-0.2, -0.15) is 0 Å². The van der Waals surface area contributed by atoms with Gasteiger partial charge in [0.1, 0.15) is 11.6 Å². The van der Waals surface area contributed by atoms with Crippen LogP contribution in [0.25, 0.3) is 0 Å². The monoisotopic (exact) mass is 233 g/mol. The van der Waals surface area contributed by atoms with Gasteiger partial charge < -0.3 is 5.73 Å². The van der Waals surface area contributed by atoms with E-state index in [1.807, 2.05) is 0 Å². The number of nitrogens with two attached hydrogens (primary N) is 1. The maximum Gasteiger partial charge on any atom is 0.146 e. The highest BCUT2D eigenvalue weighted by Gasteiger charge is 2.01. The number of anilines is 1. The van der Waals surface area contributed by atoms with Gasteiger partial charge in [0, 0.05) is 0 Å². The van der Waals surface area contributed by atoms with Crippen LogP contribution in [0.4, 0.5) is 14.5 Å². The fourth-order valence-electron chi connectivity index (χ4n) is 1.69. The number of halogens is 2. The molecular weight excluding hydrogens is 220 g/mol. The second-order valence-corrected chi connectivity index (χ2v) is 3.98. The normalized spacial score (nSPS) is 10.5. The van der Waals surface area contributed by atoms with E-state index >= 15 is 0 Å². The van der Waals surface area contributed by atoms with E-state index in [1.165, 1.54) is 18.2 Å². The first-order chi connectivity index (χ1) is 8.15. The first-order valence-electron chi connectivity index (χ1n) is 5.43. The summed E-state index contributed by atoms with van der Waals surface area (Å²) in [6.45, 7) is 0. The van der Waals surface area contributed by atoms with E-state index in [0.717, 1.165) is 24.0 Å². The van der Waals surface area contributed by atoms with Crippen molar-refractivity contribution in [1.29, 1.82) is 0 Å². The van der Waals surface area contributed by atoms with Crippen molar-refractivity contribution in [2.75, 3.05) is 5.73 Å². The van der Waals surface area contributed by atoms with Gasteiger partial charge in [-0.3, -0.25) is 0 Å². The molecule has 0 atom stereocenters. The Labute approximate surface area is 98.9 Å². The molecule has 2 rings (SSSR count). The van der Waals surface area contributed by atoms with Crippen molar-refractivity contribution in [2.45, 2.75) is 12.8 Å². The molecule has 0 aliphatic carbocycles. The maximum absolute atomic E-state index is 12.9. The summed E-state index contributed by atoms with van der Waals surface area (Å²) in [5, 5.41) is 0. The van der Waals surface area contributed by atoms with Gasteiger partial charge in [0.05, 0.1) is 5.69 Å². The topological polar surface area (TPSA) is 26.0 Å². The predicted molar refractivity (Wildman–Crippen MR) is 64.6 cm³/mol. The van der Waals surface area contributed by atoms with E-state index in [9.17, 15) is 8.78 Å². The van der Waals surface area contributed by atoms with Crippen molar-refractivity contribution in [1.82, 2.24) is 0 Å². The molecule has 0 fully saturated rings. The van der Waals surface area contributed by atoms with Crippen LogP contribution in [0, 0.1) is 11.6 Å². The highest BCUT2D eigenvalue weighted by molar-refractivity contribution is 5.42. The molecular formula is C14H13F2N. The van der Waals surface area contributed by atoms with Gasteiger partial charge in [-0.25, -0.2) is 8.78 Å². The zero-order valence-electron chi connectivity index (χ0n) is 9.29. The molecule has 0 unspecified atom stereocenters. The van der Waals surface area contributed by atoms with Gasteiger partial charge in [-0.1, -0.05) is 18.2 Å². The fraction of sp³-hybridized carbons (Fsp3) is 0.143. The van der Waals surface area contributed by atoms with Gasteiger partial charge >= 0.3 is 0 Å². The van der Waals surface area contributed by atoms with E-state index in [1.54, 1.807) is 24.3 Å². The molecule has 2 N–H and O–H groups in total. The number of aryl methyl sites for hydroxylation is 2. The van der Waals surface area contributed by atoms with Gasteiger partial charge in [0.2, 0.25) is 0 Å². The summed E-state index contributed by atoms with van der Waals surface area (Å²) in [7, 11) is 0. The van der Waals surface area contributed by atoms with Crippen LogP contribution in [-0.2, 0) is 12.8 Å². The number of rotatable bonds is 3. The Hall–Kier alpha value is -1.90. The highest BCUT2D eigenvalue weighted by atomic mass is 19.1. The second kappa shape index (κ2) is 4.95. The second-order valence-electron chi connectivity index (χ2n) is 3.98. The molecule has 0 aliphatic rings. The van der Waals surface area contributed by atoms with Crippen LogP contribution in [0.2, 0.25) is 0 Å². The summed E-state index contributed by atoms with van der Waals surface area (Å²) in [5.41, 5.74) is 7.68. The summed E-state index contributed by atoms with van der Waals surface area (Å²) in [6.07, 6.45) is 1.54. The van der Waals surface area contributed by atoms with E-state index in [0.29, 0.717) is 0 Å². The molecule has 0 saturated heterocycles. The lowest BCUT2D eigenvalue weighted by molar-refractivity contribution is 0.626. The van der Waals surface area contributed by atoms with Crippen molar-refractivity contribution in [3.05, 3.63) is 65.2 Å². The van der Waals surface area contributed by atoms with Crippen molar-refractivity contribution >= 4 is 5.69 Å². The Morgan fingerprint density at radius 3 is 2.06 bits per heavy atom. The summed E-state index contributed by atoms with van der Waals surface area (Å²) < 4.78 is 25.6. The summed E-state index contributed by atoms with van der Waals surface area (Å²) in [4.78, 5) is 0. The van der Waals surface area contributed by atoms with Gasteiger partial charge in [0.15, 0.2) is 0 Å². The number of hydrogen-bond acceptors (Lipinski definition) is 1. The quantitative estimate of drug-likeness (QED) is 0.808. The molecule has 0 heterocycles. The molecule has 0 spiro atoms. The van der Waals surface area contributed by atoms with E-state index in [2.05, 4.69) is 0 Å². The van der Waals surface area contributed by atoms with Crippen LogP contribution in [-0.4, -0.2) is 0 Å². The Balaban J connectivity index is 2.02. The molecule has 0 amide bonds. The van der Waals surface area contributed by atoms with Crippen LogP contribution in [0.5, 0.6) is 0 Å². The largest absolute Gasteiger partial charge is 0.396 e. The lowest BCUT2D eigenvalue weighted by Crippen LogP contribution is -1.95. The predicted octanol–water partition coefficient (Wildman–Crippen LogP) is 3.33. The van der Waals surface area contributed by atoms with Crippen molar-refractivity contribution < 1.29 is 8.78 Å². The van der Waals surface area contributed by atoms with Crippen molar-refractivity contribution in [2.24, 2.45) is 0 Å². The molecule has 3 heteroatoms. The Morgan fingerprint density at radius 1 is 0.824 bits per heavy atom. The highest BCUT2D eigenvalue weighted by Crippen LogP contribution is 2.14. The lowest BCUT2D eigenvalue weighted by Gasteiger charge is -2.04. The third-order valence-electron chi connectivity index (χ3n) is 2.68. The molecule has 2 aromatic carbocycles. The zero-order valence-corrected chi connectivity index (χ0v) is 9.29.